The summed E-state index contributed by atoms with van der Waals surface area (Å²) in [5.74, 6) is 1.31. The predicted molar refractivity (Wildman–Crippen MR) is 94.9 cm³/mol. The first-order valence-electron chi connectivity index (χ1n) is 9.82. The Labute approximate surface area is 149 Å². The minimum absolute atomic E-state index is 0.0261. The summed E-state index contributed by atoms with van der Waals surface area (Å²) >= 11 is 0. The van der Waals surface area contributed by atoms with Crippen LogP contribution in [0.5, 0.6) is 0 Å². The van der Waals surface area contributed by atoms with Gasteiger partial charge in [0, 0.05) is 31.6 Å². The van der Waals surface area contributed by atoms with Gasteiger partial charge in [-0.3, -0.25) is 4.79 Å². The zero-order valence-electron chi connectivity index (χ0n) is 15.2. The van der Waals surface area contributed by atoms with Crippen LogP contribution in [0.4, 0.5) is 0 Å². The number of nitrogens with zero attached hydrogens (tertiary/aromatic N) is 3. The van der Waals surface area contributed by atoms with Crippen LogP contribution in [0.3, 0.4) is 0 Å². The van der Waals surface area contributed by atoms with Crippen molar-refractivity contribution in [2.75, 3.05) is 26.3 Å². The SMILES string of the molecule is CCn1ccnc1CN(C(=O)C1CCCOC1)C1CC12CCNCC2. The van der Waals surface area contributed by atoms with Crippen LogP contribution < -0.4 is 5.32 Å². The number of carbonyl (C=O) groups is 1. The van der Waals surface area contributed by atoms with Crippen molar-refractivity contribution in [1.82, 2.24) is 19.8 Å². The fourth-order valence-electron chi connectivity index (χ4n) is 4.67. The molecule has 1 N–H and O–H groups in total. The van der Waals surface area contributed by atoms with Crippen molar-refractivity contribution in [3.05, 3.63) is 18.2 Å². The summed E-state index contributed by atoms with van der Waals surface area (Å²) in [7, 11) is 0. The lowest BCUT2D eigenvalue weighted by molar-refractivity contribution is -0.141. The number of nitrogens with one attached hydrogen (secondary N) is 1. The molecule has 6 heteroatoms. The van der Waals surface area contributed by atoms with E-state index in [4.69, 9.17) is 4.74 Å². The summed E-state index contributed by atoms with van der Waals surface area (Å²) in [6.45, 7) is 7.18. The lowest BCUT2D eigenvalue weighted by atomic mass is 9.93. The lowest BCUT2D eigenvalue weighted by Crippen LogP contribution is -2.44. The average Bonchev–Trinajstić information content (AvgIpc) is 3.14. The summed E-state index contributed by atoms with van der Waals surface area (Å²) in [6, 6.07) is 0.381. The Kier molecular flexibility index (Phi) is 4.82. The van der Waals surface area contributed by atoms with E-state index in [1.54, 1.807) is 0 Å². The zero-order chi connectivity index (χ0) is 17.3. The van der Waals surface area contributed by atoms with E-state index in [0.29, 0.717) is 24.6 Å². The molecule has 4 rings (SSSR count). The number of amides is 1. The molecule has 25 heavy (non-hydrogen) atoms. The Balaban J connectivity index is 1.54. The van der Waals surface area contributed by atoms with E-state index < -0.39 is 0 Å². The maximum Gasteiger partial charge on any atom is 0.228 e. The highest BCUT2D eigenvalue weighted by molar-refractivity contribution is 5.80. The maximum atomic E-state index is 13.3. The standard InChI is InChI=1S/C19H30N4O2/c1-2-22-10-9-21-17(22)13-23(18(24)15-4-3-11-25-14-15)16-12-19(16)5-7-20-8-6-19/h9-10,15-16,20H,2-8,11-14H2,1H3. The Bertz CT molecular complexity index is 602. The molecule has 138 valence electrons. The van der Waals surface area contributed by atoms with Crippen LogP contribution in [0.25, 0.3) is 0 Å². The van der Waals surface area contributed by atoms with Gasteiger partial charge in [-0.1, -0.05) is 0 Å². The molecule has 1 aromatic rings. The molecule has 1 spiro atoms. The van der Waals surface area contributed by atoms with E-state index in [-0.39, 0.29) is 11.8 Å². The Hall–Kier alpha value is -1.40. The molecule has 0 aromatic carbocycles. The molecule has 6 nitrogen and oxygen atoms in total. The van der Waals surface area contributed by atoms with Crippen molar-refractivity contribution in [1.29, 1.82) is 0 Å². The highest BCUT2D eigenvalue weighted by Crippen LogP contribution is 2.56. The fourth-order valence-corrected chi connectivity index (χ4v) is 4.67. The van der Waals surface area contributed by atoms with E-state index >= 15 is 0 Å². The number of aryl methyl sites for hydroxylation is 1. The van der Waals surface area contributed by atoms with E-state index in [0.717, 1.165) is 51.3 Å². The van der Waals surface area contributed by atoms with Crippen molar-refractivity contribution in [2.24, 2.45) is 11.3 Å². The highest BCUT2D eigenvalue weighted by atomic mass is 16.5. The van der Waals surface area contributed by atoms with Gasteiger partial charge in [0.15, 0.2) is 0 Å². The van der Waals surface area contributed by atoms with E-state index in [9.17, 15) is 4.79 Å². The summed E-state index contributed by atoms with van der Waals surface area (Å²) in [4.78, 5) is 20.0. The lowest BCUT2D eigenvalue weighted by Gasteiger charge is -2.33. The number of rotatable bonds is 5. The maximum absolute atomic E-state index is 13.3. The van der Waals surface area contributed by atoms with Crippen LogP contribution in [0, 0.1) is 11.3 Å². The van der Waals surface area contributed by atoms with Crippen molar-refractivity contribution in [3.63, 3.8) is 0 Å². The van der Waals surface area contributed by atoms with Gasteiger partial charge in [0.2, 0.25) is 5.91 Å². The van der Waals surface area contributed by atoms with E-state index in [1.165, 1.54) is 12.8 Å². The van der Waals surface area contributed by atoms with Crippen LogP contribution in [0.15, 0.2) is 12.4 Å². The molecule has 0 radical (unpaired) electrons. The van der Waals surface area contributed by atoms with Gasteiger partial charge >= 0.3 is 0 Å². The molecule has 1 aromatic heterocycles. The largest absolute Gasteiger partial charge is 0.381 e. The molecular weight excluding hydrogens is 316 g/mol. The minimum Gasteiger partial charge on any atom is -0.381 e. The summed E-state index contributed by atoms with van der Waals surface area (Å²) in [5.41, 5.74) is 0.347. The van der Waals surface area contributed by atoms with Crippen LogP contribution in [0.2, 0.25) is 0 Å². The van der Waals surface area contributed by atoms with Crippen molar-refractivity contribution in [3.8, 4) is 0 Å². The third kappa shape index (κ3) is 3.34. The van der Waals surface area contributed by atoms with E-state index in [2.05, 4.69) is 26.7 Å². The third-order valence-electron chi connectivity index (χ3n) is 6.37. The number of imidazole rings is 1. The van der Waals surface area contributed by atoms with Gasteiger partial charge < -0.3 is 19.5 Å². The summed E-state index contributed by atoms with van der Waals surface area (Å²) in [5, 5.41) is 3.46. The predicted octanol–water partition coefficient (Wildman–Crippen LogP) is 1.80. The number of carbonyl (C=O) groups excluding carboxylic acids is 1. The van der Waals surface area contributed by atoms with Gasteiger partial charge in [-0.25, -0.2) is 4.98 Å². The molecule has 3 fully saturated rings. The van der Waals surface area contributed by atoms with Gasteiger partial charge in [-0.15, -0.1) is 0 Å². The second-order valence-corrected chi connectivity index (χ2v) is 7.84. The molecular formula is C19H30N4O2. The highest BCUT2D eigenvalue weighted by Gasteiger charge is 2.58. The molecule has 2 unspecified atom stereocenters. The minimum atomic E-state index is 0.0261. The quantitative estimate of drug-likeness (QED) is 0.883. The van der Waals surface area contributed by atoms with Gasteiger partial charge in [-0.05, 0) is 57.5 Å². The summed E-state index contributed by atoms with van der Waals surface area (Å²) in [6.07, 6.45) is 9.33. The van der Waals surface area contributed by atoms with Crippen molar-refractivity contribution in [2.45, 2.75) is 58.2 Å². The zero-order valence-corrected chi connectivity index (χ0v) is 15.2. The van der Waals surface area contributed by atoms with Gasteiger partial charge in [-0.2, -0.15) is 0 Å². The molecule has 2 aliphatic heterocycles. The first-order valence-corrected chi connectivity index (χ1v) is 9.82. The monoisotopic (exact) mass is 346 g/mol. The molecule has 1 saturated carbocycles. The van der Waals surface area contributed by atoms with Crippen molar-refractivity contribution >= 4 is 5.91 Å². The number of hydrogen-bond donors (Lipinski definition) is 1. The molecule has 3 heterocycles. The summed E-state index contributed by atoms with van der Waals surface area (Å²) < 4.78 is 7.74. The first kappa shape index (κ1) is 17.0. The van der Waals surface area contributed by atoms with Gasteiger partial charge in [0.05, 0.1) is 19.1 Å². The average molecular weight is 346 g/mol. The molecule has 1 aliphatic carbocycles. The topological polar surface area (TPSA) is 59.4 Å². The number of ether oxygens (including phenoxy) is 1. The van der Waals surface area contributed by atoms with Crippen LogP contribution in [0.1, 0.15) is 44.9 Å². The second-order valence-electron chi connectivity index (χ2n) is 7.84. The number of aromatic nitrogens is 2. The van der Waals surface area contributed by atoms with Gasteiger partial charge in [0.25, 0.3) is 0 Å². The van der Waals surface area contributed by atoms with Crippen LogP contribution in [-0.4, -0.2) is 52.7 Å². The van der Waals surface area contributed by atoms with Crippen molar-refractivity contribution < 1.29 is 9.53 Å². The molecule has 2 saturated heterocycles. The Morgan fingerprint density at radius 1 is 1.48 bits per heavy atom. The molecule has 0 bridgehead atoms. The number of piperidine rings is 1. The first-order chi connectivity index (χ1) is 12.2. The third-order valence-corrected chi connectivity index (χ3v) is 6.37. The molecule has 1 amide bonds. The fraction of sp³-hybridized carbons (Fsp3) is 0.789. The molecule has 3 aliphatic rings. The van der Waals surface area contributed by atoms with Crippen LogP contribution >= 0.6 is 0 Å². The molecule has 2 atom stereocenters. The second kappa shape index (κ2) is 7.08. The Morgan fingerprint density at radius 3 is 3.04 bits per heavy atom. The smallest absolute Gasteiger partial charge is 0.228 e. The van der Waals surface area contributed by atoms with Crippen LogP contribution in [-0.2, 0) is 22.6 Å². The van der Waals surface area contributed by atoms with E-state index in [1.807, 2.05) is 12.4 Å². The normalized spacial score (nSPS) is 28.0. The van der Waals surface area contributed by atoms with Gasteiger partial charge in [0.1, 0.15) is 5.82 Å². The Morgan fingerprint density at radius 2 is 2.32 bits per heavy atom. The number of hydrogen-bond acceptors (Lipinski definition) is 4.